The molecule has 0 fully saturated rings. The molecule has 0 aliphatic rings. The van der Waals surface area contributed by atoms with Gasteiger partial charge in [-0.05, 0) is 12.1 Å². The van der Waals surface area contributed by atoms with Crippen LogP contribution in [0.15, 0.2) is 16.5 Å². The molecule has 0 saturated carbocycles. The first-order valence-corrected chi connectivity index (χ1v) is 2.06. The van der Waals surface area contributed by atoms with E-state index in [1.165, 1.54) is 12.1 Å². The van der Waals surface area contributed by atoms with E-state index in [1.807, 2.05) is 0 Å². The highest BCUT2D eigenvalue weighted by Crippen LogP contribution is 1.95. The third kappa shape index (κ3) is 0.703. The van der Waals surface area contributed by atoms with Gasteiger partial charge in [0.15, 0.2) is 12.0 Å². The van der Waals surface area contributed by atoms with E-state index >= 15 is 0 Å². The van der Waals surface area contributed by atoms with Gasteiger partial charge in [0.1, 0.15) is 0 Å². The molecule has 1 amide bonds. The first-order valence-electron chi connectivity index (χ1n) is 2.06. The number of hydrogen-bond acceptors (Lipinski definition) is 2. The van der Waals surface area contributed by atoms with Crippen molar-refractivity contribution in [3.63, 3.8) is 0 Å². The van der Waals surface area contributed by atoms with E-state index in [1.54, 1.807) is 0 Å². The monoisotopic (exact) mass is 110 g/mol. The lowest BCUT2D eigenvalue weighted by Gasteiger charge is -1.80. The van der Waals surface area contributed by atoms with Crippen molar-refractivity contribution in [3.8, 4) is 0 Å². The molecular weight excluding hydrogens is 106 g/mol. The summed E-state index contributed by atoms with van der Waals surface area (Å²) >= 11 is 0. The molecule has 0 aromatic carbocycles. The highest BCUT2D eigenvalue weighted by atomic mass is 16.3. The van der Waals surface area contributed by atoms with Crippen molar-refractivity contribution in [2.24, 2.45) is 5.73 Å². The van der Waals surface area contributed by atoms with Gasteiger partial charge in [0.05, 0.1) is 0 Å². The summed E-state index contributed by atoms with van der Waals surface area (Å²) in [5, 5.41) is 0. The maximum atomic E-state index is 10.2. The van der Waals surface area contributed by atoms with Gasteiger partial charge in [-0.3, -0.25) is 4.79 Å². The van der Waals surface area contributed by atoms with Gasteiger partial charge in [-0.1, -0.05) is 0 Å². The fraction of sp³-hybridized carbons (Fsp3) is 0. The molecule has 0 saturated heterocycles. The molecule has 8 heavy (non-hydrogen) atoms. The minimum Gasteiger partial charge on any atom is -0.448 e. The van der Waals surface area contributed by atoms with Crippen LogP contribution in [-0.2, 0) is 0 Å². The molecule has 1 heterocycles. The number of carbonyl (C=O) groups excluding carboxylic acids is 1. The predicted molar refractivity (Wildman–Crippen MR) is 26.1 cm³/mol. The highest BCUT2D eigenvalue weighted by Gasteiger charge is 1.99. The zero-order chi connectivity index (χ0) is 5.98. The molecule has 1 aromatic heterocycles. The fourth-order valence-corrected chi connectivity index (χ4v) is 0.374. The van der Waals surface area contributed by atoms with Crippen LogP contribution in [-0.4, -0.2) is 5.91 Å². The maximum Gasteiger partial charge on any atom is 0.284 e. The van der Waals surface area contributed by atoms with Crippen molar-refractivity contribution >= 4 is 5.91 Å². The lowest BCUT2D eigenvalue weighted by Crippen LogP contribution is -2.08. The lowest BCUT2D eigenvalue weighted by atomic mass is 10.4. The Hall–Kier alpha value is -1.25. The molecule has 0 spiro atoms. The molecule has 41 valence electrons. The van der Waals surface area contributed by atoms with Crippen LogP contribution < -0.4 is 5.73 Å². The maximum absolute atomic E-state index is 10.2. The largest absolute Gasteiger partial charge is 0.448 e. The minimum absolute atomic E-state index is 0.144. The summed E-state index contributed by atoms with van der Waals surface area (Å²) in [6.45, 7) is 0. The molecule has 0 bridgehead atoms. The normalized spacial score (nSPS) is 9.00. The minimum atomic E-state index is -0.564. The molecule has 2 N–H and O–H groups in total. The summed E-state index contributed by atoms with van der Waals surface area (Å²) in [5.41, 5.74) is 4.81. The second kappa shape index (κ2) is 1.69. The van der Waals surface area contributed by atoms with Crippen LogP contribution in [0.4, 0.5) is 0 Å². The van der Waals surface area contributed by atoms with E-state index in [0.29, 0.717) is 0 Å². The molecule has 0 atom stereocenters. The molecule has 1 radical (unpaired) electrons. The summed E-state index contributed by atoms with van der Waals surface area (Å²) in [6, 6.07) is 2.95. The van der Waals surface area contributed by atoms with Crippen molar-refractivity contribution < 1.29 is 9.21 Å². The Morgan fingerprint density at radius 3 is 2.88 bits per heavy atom. The highest BCUT2D eigenvalue weighted by molar-refractivity contribution is 5.89. The van der Waals surface area contributed by atoms with Gasteiger partial charge in [-0.25, -0.2) is 0 Å². The number of carbonyl (C=O) groups is 1. The first kappa shape index (κ1) is 4.90. The smallest absolute Gasteiger partial charge is 0.284 e. The van der Waals surface area contributed by atoms with Gasteiger partial charge in [-0.2, -0.15) is 0 Å². The predicted octanol–water partition coefficient (Wildman–Crippen LogP) is 0.179. The van der Waals surface area contributed by atoms with Gasteiger partial charge < -0.3 is 10.2 Å². The summed E-state index contributed by atoms with van der Waals surface area (Å²) < 4.78 is 4.50. The summed E-state index contributed by atoms with van der Waals surface area (Å²) in [5.74, 6) is -0.420. The average molecular weight is 110 g/mol. The summed E-state index contributed by atoms with van der Waals surface area (Å²) in [4.78, 5) is 10.2. The fourth-order valence-electron chi connectivity index (χ4n) is 0.374. The Morgan fingerprint density at radius 2 is 2.62 bits per heavy atom. The third-order valence-electron chi connectivity index (χ3n) is 0.714. The summed E-state index contributed by atoms with van der Waals surface area (Å²) in [6.07, 6.45) is 2.34. The average Bonchev–Trinajstić information content (AvgIpc) is 2.12. The zero-order valence-corrected chi connectivity index (χ0v) is 4.05. The number of furan rings is 1. The van der Waals surface area contributed by atoms with Crippen LogP contribution in [0, 0.1) is 6.26 Å². The quantitative estimate of drug-likeness (QED) is 0.560. The number of nitrogens with two attached hydrogens (primary N) is 1. The Balaban J connectivity index is 2.93. The lowest BCUT2D eigenvalue weighted by molar-refractivity contribution is 0.0973. The Bertz CT molecular complexity index is 178. The second-order valence-electron chi connectivity index (χ2n) is 1.28. The second-order valence-corrected chi connectivity index (χ2v) is 1.28. The van der Waals surface area contributed by atoms with E-state index in [2.05, 4.69) is 10.7 Å². The SMILES string of the molecule is NC(=O)c1cc[c]o1. The van der Waals surface area contributed by atoms with E-state index in [9.17, 15) is 4.79 Å². The molecule has 0 unspecified atom stereocenters. The topological polar surface area (TPSA) is 56.2 Å². The van der Waals surface area contributed by atoms with Crippen molar-refractivity contribution in [3.05, 3.63) is 24.2 Å². The van der Waals surface area contributed by atoms with Gasteiger partial charge in [0.2, 0.25) is 0 Å². The van der Waals surface area contributed by atoms with Gasteiger partial charge >= 0.3 is 0 Å². The Morgan fingerprint density at radius 1 is 1.88 bits per heavy atom. The molecule has 1 rings (SSSR count). The van der Waals surface area contributed by atoms with E-state index in [4.69, 9.17) is 5.73 Å². The van der Waals surface area contributed by atoms with Crippen molar-refractivity contribution in [1.82, 2.24) is 0 Å². The number of rotatable bonds is 1. The van der Waals surface area contributed by atoms with Crippen LogP contribution in [0.1, 0.15) is 10.6 Å². The van der Waals surface area contributed by atoms with Crippen molar-refractivity contribution in [2.75, 3.05) is 0 Å². The van der Waals surface area contributed by atoms with Crippen molar-refractivity contribution in [1.29, 1.82) is 0 Å². The summed E-state index contributed by atoms with van der Waals surface area (Å²) in [7, 11) is 0. The number of primary amides is 1. The standard InChI is InChI=1S/C5H4NO2/c6-5(7)4-2-1-3-8-4/h1-2H,(H2,6,7). The molecule has 1 aromatic rings. The van der Waals surface area contributed by atoms with Crippen LogP contribution >= 0.6 is 0 Å². The molecule has 0 aliphatic carbocycles. The van der Waals surface area contributed by atoms with Crippen LogP contribution in [0.3, 0.4) is 0 Å². The van der Waals surface area contributed by atoms with Crippen LogP contribution in [0.2, 0.25) is 0 Å². The van der Waals surface area contributed by atoms with Gasteiger partial charge in [0.25, 0.3) is 5.91 Å². The van der Waals surface area contributed by atoms with E-state index in [-0.39, 0.29) is 5.76 Å². The van der Waals surface area contributed by atoms with Crippen LogP contribution in [0.25, 0.3) is 0 Å². The van der Waals surface area contributed by atoms with Crippen molar-refractivity contribution in [2.45, 2.75) is 0 Å². The Kier molecular flexibility index (Phi) is 1.04. The zero-order valence-electron chi connectivity index (χ0n) is 4.05. The third-order valence-corrected chi connectivity index (χ3v) is 0.714. The van der Waals surface area contributed by atoms with E-state index < -0.39 is 5.91 Å². The van der Waals surface area contributed by atoms with E-state index in [0.717, 1.165) is 0 Å². The molecule has 3 nitrogen and oxygen atoms in total. The first-order chi connectivity index (χ1) is 3.80. The van der Waals surface area contributed by atoms with Crippen LogP contribution in [0.5, 0.6) is 0 Å². The molecule has 3 heteroatoms. The number of amides is 1. The molecular formula is C5H4NO2. The van der Waals surface area contributed by atoms with Gasteiger partial charge in [-0.15, -0.1) is 0 Å². The van der Waals surface area contributed by atoms with Gasteiger partial charge in [0, 0.05) is 0 Å². The Labute approximate surface area is 46.1 Å². The number of hydrogen-bond donors (Lipinski definition) is 1. The molecule has 0 aliphatic heterocycles.